The smallest absolute Gasteiger partial charge is 0.337 e. The third kappa shape index (κ3) is 3.22. The van der Waals surface area contributed by atoms with E-state index in [2.05, 4.69) is 38.1 Å². The van der Waals surface area contributed by atoms with Gasteiger partial charge in [0.25, 0.3) is 0 Å². The molecule has 0 amide bonds. The monoisotopic (exact) mass is 301 g/mol. The second-order valence-electron chi connectivity index (χ2n) is 5.75. The van der Waals surface area contributed by atoms with Gasteiger partial charge in [-0.2, -0.15) is 0 Å². The van der Waals surface area contributed by atoms with Gasteiger partial charge in [-0.15, -0.1) is 0 Å². The number of aromatic carboxylic acids is 1. The molecule has 0 saturated heterocycles. The molecule has 118 valence electrons. The molecule has 1 heterocycles. The Balaban J connectivity index is 2.48. The molecule has 22 heavy (non-hydrogen) atoms. The third-order valence-electron chi connectivity index (χ3n) is 3.99. The Kier molecular flexibility index (Phi) is 5.03. The van der Waals surface area contributed by atoms with Crippen molar-refractivity contribution < 1.29 is 14.6 Å². The maximum atomic E-state index is 11.4. The van der Waals surface area contributed by atoms with Crippen LogP contribution in [-0.4, -0.2) is 29.4 Å². The average molecular weight is 301 g/mol. The van der Waals surface area contributed by atoms with Crippen molar-refractivity contribution in [1.29, 1.82) is 0 Å². The van der Waals surface area contributed by atoms with E-state index in [4.69, 9.17) is 4.74 Å². The molecule has 0 fully saturated rings. The number of benzene rings is 1. The van der Waals surface area contributed by atoms with Crippen LogP contribution >= 0.6 is 0 Å². The van der Waals surface area contributed by atoms with E-state index in [-0.39, 0.29) is 0 Å². The minimum Gasteiger partial charge on any atom is -0.478 e. The highest BCUT2D eigenvalue weighted by molar-refractivity contribution is 5.91. The van der Waals surface area contributed by atoms with Crippen LogP contribution in [0.15, 0.2) is 30.3 Å². The summed E-state index contributed by atoms with van der Waals surface area (Å²) in [5.74, 6) is -0.417. The number of hydrogen-bond donors (Lipinski definition) is 1. The number of hydrogen-bond acceptors (Lipinski definition) is 2. The van der Waals surface area contributed by atoms with Crippen LogP contribution in [0, 0.1) is 6.92 Å². The van der Waals surface area contributed by atoms with Crippen LogP contribution in [0.2, 0.25) is 0 Å². The van der Waals surface area contributed by atoms with Crippen molar-refractivity contribution in [3.63, 3.8) is 0 Å². The first-order valence-electron chi connectivity index (χ1n) is 7.48. The lowest BCUT2D eigenvalue weighted by Crippen LogP contribution is -2.08. The Labute approximate surface area is 131 Å². The number of ether oxygens (including phenoxy) is 1. The van der Waals surface area contributed by atoms with E-state index in [0.717, 1.165) is 17.0 Å². The van der Waals surface area contributed by atoms with Gasteiger partial charge in [-0.1, -0.05) is 38.1 Å². The number of methoxy groups -OCH3 is 1. The summed E-state index contributed by atoms with van der Waals surface area (Å²) in [6.45, 7) is 7.33. The van der Waals surface area contributed by atoms with Gasteiger partial charge in [-0.3, -0.25) is 0 Å². The lowest BCUT2D eigenvalue weighted by atomic mass is 10.0. The van der Waals surface area contributed by atoms with Gasteiger partial charge >= 0.3 is 5.97 Å². The lowest BCUT2D eigenvalue weighted by Gasteiger charge is -2.12. The molecule has 0 unspecified atom stereocenters. The van der Waals surface area contributed by atoms with Crippen LogP contribution in [-0.2, 0) is 11.3 Å². The summed E-state index contributed by atoms with van der Waals surface area (Å²) in [7, 11) is 1.65. The number of carbonyl (C=O) groups is 1. The standard InChI is InChI=1S/C18H23NO3/c1-12(2)14-5-7-15(8-6-14)17-11-16(18(20)21)13(3)19(17)9-10-22-4/h5-8,11-12H,9-10H2,1-4H3,(H,20,21). The van der Waals surface area contributed by atoms with Gasteiger partial charge in [0, 0.05) is 25.0 Å². The van der Waals surface area contributed by atoms with Gasteiger partial charge in [-0.05, 0) is 30.0 Å². The van der Waals surface area contributed by atoms with Crippen molar-refractivity contribution in [3.05, 3.63) is 47.2 Å². The van der Waals surface area contributed by atoms with Crippen molar-refractivity contribution in [2.24, 2.45) is 0 Å². The molecule has 1 aromatic carbocycles. The predicted octanol–water partition coefficient (Wildman–Crippen LogP) is 3.93. The fourth-order valence-electron chi connectivity index (χ4n) is 2.61. The van der Waals surface area contributed by atoms with E-state index in [1.165, 1.54) is 5.56 Å². The first kappa shape index (κ1) is 16.3. The number of aromatic nitrogens is 1. The van der Waals surface area contributed by atoms with Gasteiger partial charge in [0.2, 0.25) is 0 Å². The SMILES string of the molecule is COCCn1c(-c2ccc(C(C)C)cc2)cc(C(=O)O)c1C. The molecule has 0 spiro atoms. The van der Waals surface area contributed by atoms with E-state index < -0.39 is 5.97 Å². The summed E-state index contributed by atoms with van der Waals surface area (Å²) in [5.41, 5.74) is 4.32. The minimum absolute atomic E-state index is 0.346. The summed E-state index contributed by atoms with van der Waals surface area (Å²) < 4.78 is 7.15. The quantitative estimate of drug-likeness (QED) is 0.879. The molecule has 2 aromatic rings. The maximum Gasteiger partial charge on any atom is 0.337 e. The molecule has 0 radical (unpaired) electrons. The molecule has 4 nitrogen and oxygen atoms in total. The molecular weight excluding hydrogens is 278 g/mol. The average Bonchev–Trinajstić information content (AvgIpc) is 2.82. The van der Waals surface area contributed by atoms with Crippen molar-refractivity contribution in [2.75, 3.05) is 13.7 Å². The minimum atomic E-state index is -0.895. The van der Waals surface area contributed by atoms with Gasteiger partial charge in [0.1, 0.15) is 0 Å². The summed E-state index contributed by atoms with van der Waals surface area (Å²) in [6, 6.07) is 10.1. The number of nitrogens with zero attached hydrogens (tertiary/aromatic N) is 1. The molecule has 0 saturated carbocycles. The fraction of sp³-hybridized carbons (Fsp3) is 0.389. The van der Waals surface area contributed by atoms with Crippen LogP contribution in [0.1, 0.15) is 41.4 Å². The summed E-state index contributed by atoms with van der Waals surface area (Å²) in [6.07, 6.45) is 0. The Morgan fingerprint density at radius 2 is 1.91 bits per heavy atom. The zero-order valence-corrected chi connectivity index (χ0v) is 13.6. The molecule has 0 atom stereocenters. The largest absolute Gasteiger partial charge is 0.478 e. The topological polar surface area (TPSA) is 51.5 Å². The second-order valence-corrected chi connectivity index (χ2v) is 5.75. The molecular formula is C18H23NO3. The first-order chi connectivity index (χ1) is 10.5. The summed E-state index contributed by atoms with van der Waals surface area (Å²) in [5, 5.41) is 9.35. The highest BCUT2D eigenvalue weighted by Gasteiger charge is 2.17. The van der Waals surface area contributed by atoms with Gasteiger partial charge < -0.3 is 14.4 Å². The molecule has 4 heteroatoms. The Morgan fingerprint density at radius 3 is 2.41 bits per heavy atom. The van der Waals surface area contributed by atoms with Crippen LogP contribution in [0.25, 0.3) is 11.3 Å². The number of rotatable bonds is 6. The van der Waals surface area contributed by atoms with E-state index in [1.54, 1.807) is 13.2 Å². The van der Waals surface area contributed by atoms with Crippen LogP contribution in [0.3, 0.4) is 0 Å². The van der Waals surface area contributed by atoms with E-state index >= 15 is 0 Å². The molecule has 1 N–H and O–H groups in total. The van der Waals surface area contributed by atoms with Crippen LogP contribution in [0.4, 0.5) is 0 Å². The third-order valence-corrected chi connectivity index (χ3v) is 3.99. The molecule has 0 bridgehead atoms. The number of carboxylic acid groups (broad SMARTS) is 1. The lowest BCUT2D eigenvalue weighted by molar-refractivity contribution is 0.0696. The summed E-state index contributed by atoms with van der Waals surface area (Å²) >= 11 is 0. The molecule has 1 aromatic heterocycles. The normalized spacial score (nSPS) is 11.1. The molecule has 0 aliphatic carbocycles. The maximum absolute atomic E-state index is 11.4. The van der Waals surface area contributed by atoms with Gasteiger partial charge in [0.15, 0.2) is 0 Å². The molecule has 0 aliphatic rings. The Hall–Kier alpha value is -2.07. The van der Waals surface area contributed by atoms with E-state index in [1.807, 2.05) is 11.5 Å². The second kappa shape index (κ2) is 6.79. The van der Waals surface area contributed by atoms with Gasteiger partial charge in [-0.25, -0.2) is 4.79 Å². The molecule has 0 aliphatic heterocycles. The summed E-state index contributed by atoms with van der Waals surface area (Å²) in [4.78, 5) is 11.4. The van der Waals surface area contributed by atoms with Crippen molar-refractivity contribution in [1.82, 2.24) is 4.57 Å². The zero-order chi connectivity index (χ0) is 16.3. The van der Waals surface area contributed by atoms with Crippen LogP contribution in [0.5, 0.6) is 0 Å². The van der Waals surface area contributed by atoms with Crippen molar-refractivity contribution in [2.45, 2.75) is 33.2 Å². The molecule has 2 rings (SSSR count). The first-order valence-corrected chi connectivity index (χ1v) is 7.48. The predicted molar refractivity (Wildman–Crippen MR) is 87.5 cm³/mol. The Morgan fingerprint density at radius 1 is 1.27 bits per heavy atom. The van der Waals surface area contributed by atoms with Gasteiger partial charge in [0.05, 0.1) is 12.2 Å². The van der Waals surface area contributed by atoms with E-state index in [9.17, 15) is 9.90 Å². The highest BCUT2D eigenvalue weighted by atomic mass is 16.5. The van der Waals surface area contributed by atoms with Crippen molar-refractivity contribution >= 4 is 5.97 Å². The Bertz CT molecular complexity index is 654. The van der Waals surface area contributed by atoms with Crippen molar-refractivity contribution in [3.8, 4) is 11.3 Å². The fourth-order valence-corrected chi connectivity index (χ4v) is 2.61. The van der Waals surface area contributed by atoms with Crippen LogP contribution < -0.4 is 0 Å². The highest BCUT2D eigenvalue weighted by Crippen LogP contribution is 2.27. The number of carboxylic acids is 1. The zero-order valence-electron chi connectivity index (χ0n) is 13.6. The van der Waals surface area contributed by atoms with E-state index in [0.29, 0.717) is 24.6 Å².